The first-order valence-electron chi connectivity index (χ1n) is 10.2. The zero-order chi connectivity index (χ0) is 24.7. The van der Waals surface area contributed by atoms with Crippen LogP contribution in [0.15, 0.2) is 71.1 Å². The van der Waals surface area contributed by atoms with Gasteiger partial charge >= 0.3 is 12.2 Å². The van der Waals surface area contributed by atoms with E-state index in [1.54, 1.807) is 30.3 Å². The number of urea groups is 1. The molecule has 0 saturated carbocycles. The van der Waals surface area contributed by atoms with Crippen molar-refractivity contribution in [1.82, 2.24) is 10.6 Å². The van der Waals surface area contributed by atoms with E-state index in [1.165, 1.54) is 48.6 Å². The highest BCUT2D eigenvalue weighted by Gasteiger charge is 2.66. The summed E-state index contributed by atoms with van der Waals surface area (Å²) in [7, 11) is 0. The molecule has 1 saturated heterocycles. The second-order valence-corrected chi connectivity index (χ2v) is 7.88. The Morgan fingerprint density at radius 2 is 1.62 bits per heavy atom. The van der Waals surface area contributed by atoms with Crippen molar-refractivity contribution in [3.05, 3.63) is 83.6 Å². The topological polar surface area (TPSA) is 109 Å². The Balaban J connectivity index is 1.77. The third-order valence-electron chi connectivity index (χ3n) is 5.66. The van der Waals surface area contributed by atoms with Gasteiger partial charge in [-0.15, -0.1) is 0 Å². The Morgan fingerprint density at radius 3 is 2.21 bits per heavy atom. The van der Waals surface area contributed by atoms with Gasteiger partial charge in [0.25, 0.3) is 0 Å². The maximum absolute atomic E-state index is 14.0. The minimum absolute atomic E-state index is 0.0790. The summed E-state index contributed by atoms with van der Waals surface area (Å²) in [4.78, 5) is 36.8. The van der Waals surface area contributed by atoms with Crippen molar-refractivity contribution in [2.24, 2.45) is 5.92 Å². The van der Waals surface area contributed by atoms with E-state index >= 15 is 0 Å². The third kappa shape index (κ3) is 4.08. The van der Waals surface area contributed by atoms with Gasteiger partial charge in [-0.3, -0.25) is 9.59 Å². The minimum atomic E-state index is -5.37. The second kappa shape index (κ2) is 8.45. The molecule has 176 valence electrons. The molecule has 7 nitrogen and oxygen atoms in total. The van der Waals surface area contributed by atoms with Crippen LogP contribution in [-0.4, -0.2) is 34.6 Å². The van der Waals surface area contributed by atoms with E-state index in [2.05, 4.69) is 5.32 Å². The number of alkyl halides is 3. The van der Waals surface area contributed by atoms with Gasteiger partial charge in [0.15, 0.2) is 11.6 Å². The van der Waals surface area contributed by atoms with Gasteiger partial charge in [0, 0.05) is 16.7 Å². The SMILES string of the molecule is CC(=O)c1ccc(-c2ccc([C@@H]3NC(=O)N[C@](O)(C(F)(F)F)[C@H]3C(=O)c3ccccc3)o2)cc1. The van der Waals surface area contributed by atoms with Gasteiger partial charge in [0.05, 0.1) is 0 Å². The van der Waals surface area contributed by atoms with Crippen molar-refractivity contribution < 1.29 is 37.1 Å². The summed E-state index contributed by atoms with van der Waals surface area (Å²) in [6.07, 6.45) is -5.37. The molecule has 2 heterocycles. The number of Topliss-reactive ketones (excluding diaryl/α,β-unsaturated/α-hetero) is 2. The monoisotopic (exact) mass is 472 g/mol. The molecule has 0 bridgehead atoms. The molecule has 0 radical (unpaired) electrons. The predicted octanol–water partition coefficient (Wildman–Crippen LogP) is 4.25. The number of aliphatic hydroxyl groups is 1. The smallest absolute Gasteiger partial charge is 0.437 e. The van der Waals surface area contributed by atoms with E-state index in [9.17, 15) is 32.7 Å². The lowest BCUT2D eigenvalue weighted by Crippen LogP contribution is -2.72. The molecule has 3 N–H and O–H groups in total. The molecule has 3 aromatic rings. The van der Waals surface area contributed by atoms with Crippen molar-refractivity contribution >= 4 is 17.6 Å². The van der Waals surface area contributed by atoms with Gasteiger partial charge < -0.3 is 20.2 Å². The Labute approximate surface area is 191 Å². The standard InChI is InChI=1S/C24H19F3N2O5/c1-13(30)14-7-9-15(10-8-14)17-11-12-18(34-17)20-19(21(31)16-5-3-2-4-6-16)23(33,24(25,26)27)29-22(32)28-20/h2-12,19-20,33H,1H3,(H2,28,29,32)/t19-,20+,23-/m1/s1. The highest BCUT2D eigenvalue weighted by atomic mass is 19.4. The van der Waals surface area contributed by atoms with Crippen LogP contribution in [0.25, 0.3) is 11.3 Å². The van der Waals surface area contributed by atoms with Crippen molar-refractivity contribution in [1.29, 1.82) is 0 Å². The van der Waals surface area contributed by atoms with Crippen LogP contribution in [0.1, 0.15) is 39.4 Å². The van der Waals surface area contributed by atoms with Gasteiger partial charge in [0.2, 0.25) is 5.72 Å². The van der Waals surface area contributed by atoms with Crippen LogP contribution in [0.2, 0.25) is 0 Å². The van der Waals surface area contributed by atoms with Gasteiger partial charge in [0.1, 0.15) is 23.5 Å². The fourth-order valence-electron chi connectivity index (χ4n) is 3.90. The molecule has 0 spiro atoms. The summed E-state index contributed by atoms with van der Waals surface area (Å²) in [6, 6.07) is 13.3. The van der Waals surface area contributed by atoms with Crippen LogP contribution >= 0.6 is 0 Å². The van der Waals surface area contributed by atoms with Crippen LogP contribution in [0.5, 0.6) is 0 Å². The zero-order valence-electron chi connectivity index (χ0n) is 17.7. The minimum Gasteiger partial charge on any atom is -0.459 e. The maximum atomic E-state index is 14.0. The molecule has 0 unspecified atom stereocenters. The first kappa shape index (κ1) is 23.2. The van der Waals surface area contributed by atoms with Crippen molar-refractivity contribution in [3.63, 3.8) is 0 Å². The molecule has 34 heavy (non-hydrogen) atoms. The fourth-order valence-corrected chi connectivity index (χ4v) is 3.90. The number of ketones is 2. The molecular formula is C24H19F3N2O5. The molecule has 1 fully saturated rings. The molecule has 10 heteroatoms. The summed E-state index contributed by atoms with van der Waals surface area (Å²) in [5.74, 6) is -3.29. The number of hydrogen-bond donors (Lipinski definition) is 3. The first-order valence-corrected chi connectivity index (χ1v) is 10.2. The van der Waals surface area contributed by atoms with Crippen molar-refractivity contribution in [3.8, 4) is 11.3 Å². The van der Waals surface area contributed by atoms with Crippen molar-refractivity contribution in [2.45, 2.75) is 24.9 Å². The van der Waals surface area contributed by atoms with Crippen molar-refractivity contribution in [2.75, 3.05) is 0 Å². The molecule has 3 atom stereocenters. The lowest BCUT2D eigenvalue weighted by molar-refractivity contribution is -0.288. The first-order chi connectivity index (χ1) is 16.0. The molecule has 1 aliphatic rings. The van der Waals surface area contributed by atoms with Gasteiger partial charge in [-0.05, 0) is 19.1 Å². The van der Waals surface area contributed by atoms with Gasteiger partial charge in [-0.25, -0.2) is 4.79 Å². The summed E-state index contributed by atoms with van der Waals surface area (Å²) >= 11 is 0. The molecule has 1 aromatic heterocycles. The second-order valence-electron chi connectivity index (χ2n) is 7.88. The van der Waals surface area contributed by atoms with E-state index in [4.69, 9.17) is 4.42 Å². The summed E-state index contributed by atoms with van der Waals surface area (Å²) in [5.41, 5.74) is -2.94. The zero-order valence-corrected chi connectivity index (χ0v) is 17.7. The average molecular weight is 472 g/mol. The Morgan fingerprint density at radius 1 is 0.971 bits per heavy atom. The van der Waals surface area contributed by atoms with Crippen LogP contribution in [0.3, 0.4) is 0 Å². The van der Waals surface area contributed by atoms with Crippen LogP contribution < -0.4 is 10.6 Å². The number of carbonyl (C=O) groups excluding carboxylic acids is 3. The summed E-state index contributed by atoms with van der Waals surface area (Å²) in [5, 5.41) is 14.4. The Kier molecular flexibility index (Phi) is 5.78. The van der Waals surface area contributed by atoms with Crippen LogP contribution in [0.4, 0.5) is 18.0 Å². The molecule has 0 aliphatic carbocycles. The highest BCUT2D eigenvalue weighted by Crippen LogP contribution is 2.44. The van der Waals surface area contributed by atoms with Crippen LogP contribution in [0, 0.1) is 5.92 Å². The number of rotatable bonds is 5. The average Bonchev–Trinajstić information content (AvgIpc) is 3.28. The normalized spacial score (nSPS) is 22.6. The number of halogens is 3. The predicted molar refractivity (Wildman–Crippen MR) is 114 cm³/mol. The molecule has 1 aliphatic heterocycles. The number of hydrogen-bond acceptors (Lipinski definition) is 5. The van der Waals surface area contributed by atoms with E-state index < -0.39 is 35.7 Å². The summed E-state index contributed by atoms with van der Waals surface area (Å²) in [6.45, 7) is 1.41. The number of furan rings is 1. The molecule has 2 aromatic carbocycles. The number of carbonyl (C=O) groups is 3. The number of benzene rings is 2. The van der Waals surface area contributed by atoms with Crippen LogP contribution in [-0.2, 0) is 0 Å². The highest BCUT2D eigenvalue weighted by molar-refractivity contribution is 6.00. The van der Waals surface area contributed by atoms with Gasteiger partial charge in [-0.1, -0.05) is 54.6 Å². The Hall–Kier alpha value is -3.92. The van der Waals surface area contributed by atoms with E-state index in [-0.39, 0.29) is 22.9 Å². The number of nitrogens with one attached hydrogen (secondary N) is 2. The lowest BCUT2D eigenvalue weighted by Gasteiger charge is -2.44. The number of amides is 2. The third-order valence-corrected chi connectivity index (χ3v) is 5.66. The maximum Gasteiger partial charge on any atom is 0.437 e. The van der Waals surface area contributed by atoms with E-state index in [0.29, 0.717) is 11.1 Å². The molecule has 4 rings (SSSR count). The lowest BCUT2D eigenvalue weighted by atomic mass is 9.79. The fraction of sp³-hybridized carbons (Fsp3) is 0.208. The quantitative estimate of drug-likeness (QED) is 0.481. The van der Waals surface area contributed by atoms with E-state index in [0.717, 1.165) is 0 Å². The van der Waals surface area contributed by atoms with Gasteiger partial charge in [-0.2, -0.15) is 13.2 Å². The Bertz CT molecular complexity index is 1240. The van der Waals surface area contributed by atoms with E-state index in [1.807, 2.05) is 0 Å². The molecular weight excluding hydrogens is 453 g/mol. The largest absolute Gasteiger partial charge is 0.459 e. The summed E-state index contributed by atoms with van der Waals surface area (Å²) < 4.78 is 47.7. The molecule has 2 amide bonds.